The molecule has 1 aliphatic heterocycles. The van der Waals surface area contributed by atoms with E-state index in [9.17, 15) is 19.2 Å². The maximum absolute atomic E-state index is 13.9. The summed E-state index contributed by atoms with van der Waals surface area (Å²) in [5.74, 6) is 1.34. The first-order valence-electron chi connectivity index (χ1n) is 14.7. The second-order valence-electron chi connectivity index (χ2n) is 13.1. The highest BCUT2D eigenvalue weighted by molar-refractivity contribution is 5.93. The lowest BCUT2D eigenvalue weighted by Crippen LogP contribution is -2.60. The summed E-state index contributed by atoms with van der Waals surface area (Å²) >= 11 is 0. The van der Waals surface area contributed by atoms with E-state index in [-0.39, 0.29) is 52.7 Å². The number of morpholine rings is 1. The molecule has 0 bridgehead atoms. The minimum absolute atomic E-state index is 0.0560. The average molecular weight is 516 g/mol. The third kappa shape index (κ3) is 4.84. The minimum Gasteiger partial charge on any atom is -0.464 e. The second kappa shape index (κ2) is 10.5. The van der Waals surface area contributed by atoms with Crippen molar-refractivity contribution in [3.05, 3.63) is 0 Å². The summed E-state index contributed by atoms with van der Waals surface area (Å²) in [6, 6.07) is 0. The van der Waals surface area contributed by atoms with Gasteiger partial charge in [0.15, 0.2) is 0 Å². The minimum atomic E-state index is -0.496. The van der Waals surface area contributed by atoms with Gasteiger partial charge in [-0.15, -0.1) is 0 Å². The first-order chi connectivity index (χ1) is 17.6. The Morgan fingerprint density at radius 1 is 1.08 bits per heavy atom. The predicted octanol–water partition coefficient (Wildman–Crippen LogP) is 3.86. The molecule has 5 aliphatic rings. The van der Waals surface area contributed by atoms with Crippen molar-refractivity contribution in [2.45, 2.75) is 78.6 Å². The molecule has 0 aromatic heterocycles. The van der Waals surface area contributed by atoms with Crippen LogP contribution < -0.4 is 0 Å². The van der Waals surface area contributed by atoms with Gasteiger partial charge in [0.05, 0.1) is 13.2 Å². The van der Waals surface area contributed by atoms with E-state index in [4.69, 9.17) is 9.47 Å². The molecule has 1 unspecified atom stereocenters. The summed E-state index contributed by atoms with van der Waals surface area (Å²) in [7, 11) is 0. The van der Waals surface area contributed by atoms with Crippen LogP contribution in [-0.4, -0.2) is 67.7 Å². The molecule has 5 fully saturated rings. The third-order valence-electron chi connectivity index (χ3n) is 11.5. The summed E-state index contributed by atoms with van der Waals surface area (Å²) in [5.41, 5.74) is -0.581. The molecule has 0 radical (unpaired) electrons. The molecule has 206 valence electrons. The first kappa shape index (κ1) is 27.0. The van der Waals surface area contributed by atoms with Crippen molar-refractivity contribution in [3.63, 3.8) is 0 Å². The van der Waals surface area contributed by atoms with Gasteiger partial charge in [0.2, 0.25) is 0 Å². The third-order valence-corrected chi connectivity index (χ3v) is 11.5. The van der Waals surface area contributed by atoms with Crippen LogP contribution >= 0.6 is 0 Å². The maximum Gasteiger partial charge on any atom is 0.305 e. The zero-order chi connectivity index (χ0) is 26.4. The Bertz CT molecular complexity index is 927. The van der Waals surface area contributed by atoms with E-state index in [1.807, 2.05) is 0 Å². The van der Waals surface area contributed by atoms with Crippen LogP contribution in [0.1, 0.15) is 78.6 Å². The number of esters is 1. The summed E-state index contributed by atoms with van der Waals surface area (Å²) in [4.78, 5) is 54.3. The lowest BCUT2D eigenvalue weighted by molar-refractivity contribution is -0.166. The Labute approximate surface area is 221 Å². The molecule has 0 aromatic rings. The van der Waals surface area contributed by atoms with E-state index in [1.165, 1.54) is 0 Å². The quantitative estimate of drug-likeness (QED) is 0.476. The normalized spacial score (nSPS) is 41.1. The van der Waals surface area contributed by atoms with Gasteiger partial charge in [0.1, 0.15) is 24.0 Å². The number of rotatable bonds is 7. The summed E-state index contributed by atoms with van der Waals surface area (Å²) in [6.45, 7) is 10.9. The lowest BCUT2D eigenvalue weighted by Gasteiger charge is -2.58. The fourth-order valence-electron chi connectivity index (χ4n) is 9.12. The first-order valence-corrected chi connectivity index (χ1v) is 14.7. The molecule has 7 nitrogen and oxygen atoms in total. The van der Waals surface area contributed by atoms with Crippen LogP contribution in [0.2, 0.25) is 0 Å². The van der Waals surface area contributed by atoms with Crippen molar-refractivity contribution in [3.8, 4) is 0 Å². The van der Waals surface area contributed by atoms with Crippen LogP contribution in [-0.2, 0) is 28.7 Å². The monoisotopic (exact) mass is 515 g/mol. The van der Waals surface area contributed by atoms with Crippen molar-refractivity contribution < 1.29 is 28.7 Å². The van der Waals surface area contributed by atoms with Gasteiger partial charge in [0.25, 0.3) is 0 Å². The van der Waals surface area contributed by atoms with Crippen LogP contribution in [0.4, 0.5) is 0 Å². The molecule has 0 spiro atoms. The fourth-order valence-corrected chi connectivity index (χ4v) is 9.12. The number of hydrogen-bond acceptors (Lipinski definition) is 7. The standard InChI is InChI=1S/C30H45NO6/c1-19(4-7-27(35)37-15-12-31-10-13-36-14-11-31)22-5-6-23-28-24(18-26(34)30(22,23)3)29(2)9-8-21(32)16-20(29)17-25(28)33/h19-20,22-24,28H,4-18H2,1-3H3/t19-,20+,22?,23+,24+,28+,29+,30-/m1/s1. The fraction of sp³-hybridized carbons (Fsp3) is 0.867. The SMILES string of the molecule is C[C@H](CCC(=O)OCCN1CCOCC1)C1CC[C@H]2[C@@H]3C(=O)C[C@@H]4CC(=O)CC[C@]4(C)[C@H]3CC(=O)[C@]12C. The van der Waals surface area contributed by atoms with Gasteiger partial charge in [-0.05, 0) is 60.7 Å². The Hall–Kier alpha value is -1.60. The molecule has 1 heterocycles. The van der Waals surface area contributed by atoms with Gasteiger partial charge in [-0.2, -0.15) is 0 Å². The molecule has 0 amide bonds. The lowest BCUT2D eigenvalue weighted by atomic mass is 9.44. The van der Waals surface area contributed by atoms with E-state index in [2.05, 4.69) is 25.7 Å². The van der Waals surface area contributed by atoms with Gasteiger partial charge in [0, 0.05) is 63.1 Å². The van der Waals surface area contributed by atoms with Crippen molar-refractivity contribution in [1.82, 2.24) is 4.90 Å². The number of carbonyl (C=O) groups is 4. The molecule has 0 N–H and O–H groups in total. The molecule has 4 aliphatic carbocycles. The molecule has 8 atom stereocenters. The highest BCUT2D eigenvalue weighted by Crippen LogP contribution is 2.66. The van der Waals surface area contributed by atoms with Crippen LogP contribution in [0.15, 0.2) is 0 Å². The number of carbonyl (C=O) groups excluding carboxylic acids is 4. The van der Waals surface area contributed by atoms with Gasteiger partial charge in [-0.1, -0.05) is 20.8 Å². The van der Waals surface area contributed by atoms with Crippen molar-refractivity contribution >= 4 is 23.3 Å². The number of nitrogens with zero attached hydrogens (tertiary/aromatic N) is 1. The van der Waals surface area contributed by atoms with E-state index in [0.717, 1.165) is 52.1 Å². The number of fused-ring (bicyclic) bond motifs is 5. The topological polar surface area (TPSA) is 90.0 Å². The van der Waals surface area contributed by atoms with Gasteiger partial charge < -0.3 is 9.47 Å². The molecule has 4 saturated carbocycles. The Morgan fingerprint density at radius 2 is 1.84 bits per heavy atom. The Balaban J connectivity index is 1.20. The summed E-state index contributed by atoms with van der Waals surface area (Å²) < 4.78 is 10.9. The van der Waals surface area contributed by atoms with Crippen molar-refractivity contribution in [2.75, 3.05) is 39.5 Å². The highest BCUT2D eigenvalue weighted by Gasteiger charge is 2.66. The van der Waals surface area contributed by atoms with Gasteiger partial charge in [-0.25, -0.2) is 0 Å². The van der Waals surface area contributed by atoms with E-state index in [1.54, 1.807) is 0 Å². The van der Waals surface area contributed by atoms with E-state index >= 15 is 0 Å². The van der Waals surface area contributed by atoms with Crippen LogP contribution in [0, 0.1) is 46.3 Å². The van der Waals surface area contributed by atoms with Crippen LogP contribution in [0.5, 0.6) is 0 Å². The molecule has 5 rings (SSSR count). The number of Topliss-reactive ketones (excluding diaryl/α,β-unsaturated/α-hetero) is 3. The summed E-state index contributed by atoms with van der Waals surface area (Å²) in [6.07, 6.45) is 5.80. The van der Waals surface area contributed by atoms with Gasteiger partial charge >= 0.3 is 5.97 Å². The number of ether oxygens (including phenoxy) is 2. The predicted molar refractivity (Wildman–Crippen MR) is 138 cm³/mol. The van der Waals surface area contributed by atoms with Crippen LogP contribution in [0.3, 0.4) is 0 Å². The Kier molecular flexibility index (Phi) is 7.67. The zero-order valence-corrected chi connectivity index (χ0v) is 23.0. The largest absolute Gasteiger partial charge is 0.464 e. The maximum atomic E-state index is 13.9. The average Bonchev–Trinajstić information content (AvgIpc) is 3.23. The molecular weight excluding hydrogens is 470 g/mol. The molecule has 0 aromatic carbocycles. The van der Waals surface area contributed by atoms with Crippen molar-refractivity contribution in [1.29, 1.82) is 0 Å². The van der Waals surface area contributed by atoms with E-state index < -0.39 is 5.41 Å². The van der Waals surface area contributed by atoms with Crippen molar-refractivity contribution in [2.24, 2.45) is 46.3 Å². The number of hydrogen-bond donors (Lipinski definition) is 0. The number of ketones is 3. The smallest absolute Gasteiger partial charge is 0.305 e. The second-order valence-corrected chi connectivity index (χ2v) is 13.1. The molecule has 37 heavy (non-hydrogen) atoms. The molecule has 7 heteroatoms. The molecule has 1 saturated heterocycles. The van der Waals surface area contributed by atoms with E-state index in [0.29, 0.717) is 56.7 Å². The van der Waals surface area contributed by atoms with Gasteiger partial charge in [-0.3, -0.25) is 24.1 Å². The summed E-state index contributed by atoms with van der Waals surface area (Å²) in [5, 5.41) is 0. The highest BCUT2D eigenvalue weighted by atomic mass is 16.5. The molecular formula is C30H45NO6. The Morgan fingerprint density at radius 3 is 2.59 bits per heavy atom. The van der Waals surface area contributed by atoms with Crippen LogP contribution in [0.25, 0.3) is 0 Å². The zero-order valence-electron chi connectivity index (χ0n) is 23.0.